The molecule has 1 heterocycles. The lowest BCUT2D eigenvalue weighted by Gasteiger charge is -2.09. The monoisotopic (exact) mass is 436 g/mol. The van der Waals surface area contributed by atoms with Gasteiger partial charge in [-0.15, -0.1) is 16.8 Å². The van der Waals surface area contributed by atoms with E-state index in [1.165, 1.54) is 23.9 Å². The Morgan fingerprint density at radius 2 is 2.00 bits per heavy atom. The Balaban J connectivity index is 1.76. The van der Waals surface area contributed by atoms with E-state index in [4.69, 9.17) is 23.2 Å². The van der Waals surface area contributed by atoms with Crippen molar-refractivity contribution in [2.24, 2.45) is 0 Å². The first kappa shape index (κ1) is 20.4. The zero-order valence-electron chi connectivity index (χ0n) is 14.5. The van der Waals surface area contributed by atoms with Crippen LogP contribution in [0.5, 0.6) is 0 Å². The Labute approximate surface area is 175 Å². The minimum absolute atomic E-state index is 0.0466. The van der Waals surface area contributed by atoms with Gasteiger partial charge in [-0.1, -0.05) is 53.2 Å². The van der Waals surface area contributed by atoms with E-state index in [0.29, 0.717) is 27.6 Å². The minimum Gasteiger partial charge on any atom is -0.323 e. The van der Waals surface area contributed by atoms with Gasteiger partial charge in [-0.25, -0.2) is 4.39 Å². The van der Waals surface area contributed by atoms with Crippen LogP contribution in [0.2, 0.25) is 10.0 Å². The number of nitrogens with zero attached hydrogens (tertiary/aromatic N) is 3. The first-order valence-electron chi connectivity index (χ1n) is 8.16. The molecule has 0 atom stereocenters. The molecule has 28 heavy (non-hydrogen) atoms. The fourth-order valence-electron chi connectivity index (χ4n) is 2.42. The zero-order chi connectivity index (χ0) is 20.1. The molecule has 0 aliphatic heterocycles. The van der Waals surface area contributed by atoms with E-state index in [1.807, 2.05) is 4.57 Å². The van der Waals surface area contributed by atoms with Gasteiger partial charge in [-0.05, 0) is 30.3 Å². The van der Waals surface area contributed by atoms with Gasteiger partial charge in [0.15, 0.2) is 11.0 Å². The van der Waals surface area contributed by atoms with Crippen molar-refractivity contribution in [1.82, 2.24) is 14.8 Å². The number of thioether (sulfide) groups is 1. The van der Waals surface area contributed by atoms with Gasteiger partial charge in [0, 0.05) is 12.1 Å². The van der Waals surface area contributed by atoms with Crippen LogP contribution in [-0.2, 0) is 11.3 Å². The van der Waals surface area contributed by atoms with Gasteiger partial charge in [0.2, 0.25) is 5.91 Å². The van der Waals surface area contributed by atoms with Crippen LogP contribution in [0.4, 0.5) is 10.1 Å². The summed E-state index contributed by atoms with van der Waals surface area (Å²) in [4.78, 5) is 12.2. The van der Waals surface area contributed by atoms with Gasteiger partial charge in [0.25, 0.3) is 0 Å². The van der Waals surface area contributed by atoms with Crippen LogP contribution in [-0.4, -0.2) is 26.4 Å². The summed E-state index contributed by atoms with van der Waals surface area (Å²) in [5.74, 6) is -0.210. The third-order valence-corrected chi connectivity index (χ3v) is 5.39. The SMILES string of the molecule is C=CCn1c(SCC(=O)Nc2ccccc2F)nnc1-c1ccc(Cl)c(Cl)c1. The molecule has 0 saturated heterocycles. The predicted molar refractivity (Wildman–Crippen MR) is 111 cm³/mol. The van der Waals surface area contributed by atoms with E-state index < -0.39 is 5.82 Å². The normalized spacial score (nSPS) is 10.7. The summed E-state index contributed by atoms with van der Waals surface area (Å²) < 4.78 is 15.5. The molecule has 9 heteroatoms. The summed E-state index contributed by atoms with van der Waals surface area (Å²) in [6, 6.07) is 11.2. The van der Waals surface area contributed by atoms with Crippen LogP contribution in [0.3, 0.4) is 0 Å². The van der Waals surface area contributed by atoms with E-state index in [9.17, 15) is 9.18 Å². The first-order valence-corrected chi connectivity index (χ1v) is 9.90. The number of nitrogens with one attached hydrogen (secondary N) is 1. The Morgan fingerprint density at radius 3 is 2.71 bits per heavy atom. The predicted octanol–water partition coefficient (Wildman–Crippen LogP) is 5.31. The van der Waals surface area contributed by atoms with Crippen LogP contribution in [0.25, 0.3) is 11.4 Å². The van der Waals surface area contributed by atoms with E-state index in [-0.39, 0.29) is 17.3 Å². The van der Waals surface area contributed by atoms with Crippen molar-refractivity contribution in [2.45, 2.75) is 11.7 Å². The summed E-state index contributed by atoms with van der Waals surface area (Å²) in [5.41, 5.74) is 0.878. The minimum atomic E-state index is -0.488. The summed E-state index contributed by atoms with van der Waals surface area (Å²) in [6.07, 6.45) is 1.70. The number of allylic oxidation sites excluding steroid dienone is 1. The first-order chi connectivity index (χ1) is 13.5. The second kappa shape index (κ2) is 9.23. The number of hydrogen-bond acceptors (Lipinski definition) is 4. The van der Waals surface area contributed by atoms with Crippen molar-refractivity contribution in [3.05, 3.63) is 71.0 Å². The molecule has 3 rings (SSSR count). The maximum atomic E-state index is 13.7. The molecule has 1 aromatic heterocycles. The van der Waals surface area contributed by atoms with E-state index in [1.54, 1.807) is 36.4 Å². The third kappa shape index (κ3) is 4.73. The molecular weight excluding hydrogens is 422 g/mol. The van der Waals surface area contributed by atoms with Crippen LogP contribution < -0.4 is 5.32 Å². The van der Waals surface area contributed by atoms with Gasteiger partial charge >= 0.3 is 0 Å². The Morgan fingerprint density at radius 1 is 1.21 bits per heavy atom. The largest absolute Gasteiger partial charge is 0.323 e. The molecule has 1 amide bonds. The average molecular weight is 437 g/mol. The van der Waals surface area contributed by atoms with Crippen LogP contribution in [0.15, 0.2) is 60.3 Å². The van der Waals surface area contributed by atoms with Gasteiger partial charge < -0.3 is 5.32 Å². The van der Waals surface area contributed by atoms with Crippen LogP contribution in [0, 0.1) is 5.82 Å². The number of aromatic nitrogens is 3. The number of carbonyl (C=O) groups excluding carboxylic acids is 1. The molecule has 144 valence electrons. The maximum Gasteiger partial charge on any atom is 0.234 e. The maximum absolute atomic E-state index is 13.7. The van der Waals surface area contributed by atoms with E-state index >= 15 is 0 Å². The molecule has 0 spiro atoms. The van der Waals surface area contributed by atoms with Crippen LogP contribution >= 0.6 is 35.0 Å². The van der Waals surface area contributed by atoms with Crippen molar-refractivity contribution in [1.29, 1.82) is 0 Å². The number of anilines is 1. The van der Waals surface area contributed by atoms with Gasteiger partial charge in [0.1, 0.15) is 5.82 Å². The number of carbonyl (C=O) groups is 1. The van der Waals surface area contributed by atoms with Crippen molar-refractivity contribution >= 4 is 46.6 Å². The molecule has 0 bridgehead atoms. The lowest BCUT2D eigenvalue weighted by atomic mass is 10.2. The number of rotatable bonds is 7. The number of hydrogen-bond donors (Lipinski definition) is 1. The molecule has 1 N–H and O–H groups in total. The quantitative estimate of drug-likeness (QED) is 0.402. The lowest BCUT2D eigenvalue weighted by molar-refractivity contribution is -0.113. The second-order valence-electron chi connectivity index (χ2n) is 5.65. The molecule has 0 aliphatic rings. The van der Waals surface area contributed by atoms with E-state index in [2.05, 4.69) is 22.1 Å². The summed E-state index contributed by atoms with van der Waals surface area (Å²) in [6.45, 7) is 4.19. The molecule has 5 nitrogen and oxygen atoms in total. The van der Waals surface area contributed by atoms with Crippen molar-refractivity contribution in [3.63, 3.8) is 0 Å². The lowest BCUT2D eigenvalue weighted by Crippen LogP contribution is -2.15. The third-order valence-electron chi connectivity index (χ3n) is 3.69. The second-order valence-corrected chi connectivity index (χ2v) is 7.41. The summed E-state index contributed by atoms with van der Waals surface area (Å²) in [7, 11) is 0. The molecule has 0 radical (unpaired) electrons. The van der Waals surface area contributed by atoms with Gasteiger partial charge in [-0.3, -0.25) is 9.36 Å². The number of amides is 1. The fraction of sp³-hybridized carbons (Fsp3) is 0.105. The average Bonchev–Trinajstić information content (AvgIpc) is 3.07. The summed E-state index contributed by atoms with van der Waals surface area (Å²) >= 11 is 13.3. The molecule has 3 aromatic rings. The van der Waals surface area contributed by atoms with Gasteiger partial charge in [0.05, 0.1) is 21.5 Å². The zero-order valence-corrected chi connectivity index (χ0v) is 16.9. The van der Waals surface area contributed by atoms with Crippen molar-refractivity contribution in [2.75, 3.05) is 11.1 Å². The topological polar surface area (TPSA) is 59.8 Å². The molecule has 2 aromatic carbocycles. The van der Waals surface area contributed by atoms with Gasteiger partial charge in [-0.2, -0.15) is 0 Å². The molecule has 0 aliphatic carbocycles. The number of benzene rings is 2. The Bertz CT molecular complexity index is 1020. The molecule has 0 fully saturated rings. The number of halogens is 3. The molecular formula is C19H15Cl2FN4OS. The van der Waals surface area contributed by atoms with E-state index in [0.717, 1.165) is 5.56 Å². The highest BCUT2D eigenvalue weighted by molar-refractivity contribution is 7.99. The fourth-order valence-corrected chi connectivity index (χ4v) is 3.46. The highest BCUT2D eigenvalue weighted by Crippen LogP contribution is 2.29. The Hall–Kier alpha value is -2.35. The highest BCUT2D eigenvalue weighted by atomic mass is 35.5. The van der Waals surface area contributed by atoms with Crippen molar-refractivity contribution < 1.29 is 9.18 Å². The standard InChI is InChI=1S/C19H15Cl2FN4OS/c1-2-9-26-18(12-7-8-13(20)14(21)10-12)24-25-19(26)28-11-17(27)23-16-6-4-3-5-15(16)22/h2-8,10H,1,9,11H2,(H,23,27). The molecule has 0 unspecified atom stereocenters. The number of para-hydroxylation sites is 1. The smallest absolute Gasteiger partial charge is 0.234 e. The van der Waals surface area contributed by atoms with Crippen molar-refractivity contribution in [3.8, 4) is 11.4 Å². The highest BCUT2D eigenvalue weighted by Gasteiger charge is 2.16. The summed E-state index contributed by atoms with van der Waals surface area (Å²) in [5, 5.41) is 12.3. The Kier molecular flexibility index (Phi) is 6.72. The van der Waals surface area contributed by atoms with Crippen LogP contribution in [0.1, 0.15) is 0 Å². The molecule has 0 saturated carbocycles.